The van der Waals surface area contributed by atoms with Gasteiger partial charge in [0.05, 0.1) is 0 Å². The van der Waals surface area contributed by atoms with E-state index in [1.54, 1.807) is 0 Å². The second-order valence-corrected chi connectivity index (χ2v) is 4.34. The molecule has 1 nitrogen and oxygen atoms in total. The summed E-state index contributed by atoms with van der Waals surface area (Å²) in [6.07, 6.45) is 4.44. The van der Waals surface area contributed by atoms with E-state index >= 15 is 0 Å². The average Bonchev–Trinajstić information content (AvgIpc) is 2.70. The van der Waals surface area contributed by atoms with E-state index in [-0.39, 0.29) is 0 Å². The molecule has 1 aliphatic rings. The first-order valence-electron chi connectivity index (χ1n) is 3.83. The van der Waals surface area contributed by atoms with E-state index in [0.29, 0.717) is 5.41 Å². The summed E-state index contributed by atoms with van der Waals surface area (Å²) in [5, 5.41) is 0. The number of rotatable bonds is 1. The topological polar surface area (TPSA) is 12.9 Å². The normalized spacial score (nSPS) is 19.8. The van der Waals surface area contributed by atoms with Gasteiger partial charge in [0.15, 0.2) is 0 Å². The van der Waals surface area contributed by atoms with E-state index in [9.17, 15) is 0 Å². The lowest BCUT2D eigenvalue weighted by Crippen LogP contribution is -2.01. The fourth-order valence-electron chi connectivity index (χ4n) is 1.18. The van der Waals surface area contributed by atoms with Crippen molar-refractivity contribution in [2.45, 2.75) is 25.2 Å². The van der Waals surface area contributed by atoms with Gasteiger partial charge in [-0.3, -0.25) is 4.98 Å². The van der Waals surface area contributed by atoms with Crippen molar-refractivity contribution in [3.63, 3.8) is 0 Å². The molecule has 0 atom stereocenters. The number of nitrogens with zero attached hydrogens (tertiary/aromatic N) is 1. The molecule has 0 N–H and O–H groups in total. The van der Waals surface area contributed by atoms with E-state index in [1.165, 1.54) is 18.5 Å². The lowest BCUT2D eigenvalue weighted by Gasteiger charge is -2.06. The summed E-state index contributed by atoms with van der Waals surface area (Å²) in [5.41, 5.74) is 1.62. The van der Waals surface area contributed by atoms with Crippen LogP contribution >= 0.6 is 15.9 Å². The average molecular weight is 212 g/mol. The van der Waals surface area contributed by atoms with Gasteiger partial charge in [-0.15, -0.1) is 0 Å². The second kappa shape index (κ2) is 2.31. The highest BCUT2D eigenvalue weighted by Crippen LogP contribution is 2.46. The van der Waals surface area contributed by atoms with Crippen LogP contribution in [0.4, 0.5) is 0 Å². The van der Waals surface area contributed by atoms with Crippen LogP contribution in [0.5, 0.6) is 0 Å². The largest absolute Gasteiger partial charge is 0.261 e. The van der Waals surface area contributed by atoms with Crippen molar-refractivity contribution in [3.05, 3.63) is 28.5 Å². The molecule has 1 heterocycles. The number of pyridine rings is 1. The molecule has 0 unspecified atom stereocenters. The lowest BCUT2D eigenvalue weighted by molar-refractivity contribution is 0.749. The molecule has 0 amide bonds. The van der Waals surface area contributed by atoms with Crippen LogP contribution in [0.15, 0.2) is 22.8 Å². The summed E-state index contributed by atoms with van der Waals surface area (Å²) in [7, 11) is 0. The molecule has 1 fully saturated rings. The molecule has 0 radical (unpaired) electrons. The summed E-state index contributed by atoms with van der Waals surface area (Å²) >= 11 is 3.44. The Hall–Kier alpha value is -0.370. The van der Waals surface area contributed by atoms with E-state index in [1.807, 2.05) is 12.3 Å². The first-order valence-corrected chi connectivity index (χ1v) is 4.62. The zero-order valence-electron chi connectivity index (χ0n) is 6.47. The van der Waals surface area contributed by atoms with E-state index in [0.717, 1.165) is 4.47 Å². The summed E-state index contributed by atoms with van der Waals surface area (Å²) < 4.78 is 1.13. The molecule has 0 spiro atoms. The van der Waals surface area contributed by atoms with Gasteiger partial charge < -0.3 is 0 Å². The summed E-state index contributed by atoms with van der Waals surface area (Å²) in [5.74, 6) is 0. The number of halogens is 1. The Labute approximate surface area is 75.0 Å². The van der Waals surface area contributed by atoms with Gasteiger partial charge in [-0.05, 0) is 25.0 Å². The Kier molecular flexibility index (Phi) is 1.53. The Balaban J connectivity index is 2.38. The summed E-state index contributed by atoms with van der Waals surface area (Å²) in [6.45, 7) is 2.27. The van der Waals surface area contributed by atoms with Crippen molar-refractivity contribution in [3.8, 4) is 0 Å². The molecule has 0 bridgehead atoms. The third-order valence-corrected chi connectivity index (χ3v) is 2.83. The van der Waals surface area contributed by atoms with Crippen molar-refractivity contribution in [1.29, 1.82) is 0 Å². The van der Waals surface area contributed by atoms with Crippen molar-refractivity contribution in [2.75, 3.05) is 0 Å². The molecule has 0 aliphatic heterocycles. The van der Waals surface area contributed by atoms with Crippen LogP contribution in [-0.4, -0.2) is 4.98 Å². The fraction of sp³-hybridized carbons (Fsp3) is 0.444. The molecule has 2 rings (SSSR count). The molecule has 0 aromatic carbocycles. The van der Waals surface area contributed by atoms with Gasteiger partial charge in [-0.25, -0.2) is 0 Å². The van der Waals surface area contributed by atoms with Crippen LogP contribution < -0.4 is 0 Å². The molecule has 1 aliphatic carbocycles. The quantitative estimate of drug-likeness (QED) is 0.697. The van der Waals surface area contributed by atoms with Gasteiger partial charge in [0, 0.05) is 21.8 Å². The summed E-state index contributed by atoms with van der Waals surface area (Å²) in [4.78, 5) is 4.34. The maximum absolute atomic E-state index is 4.34. The minimum Gasteiger partial charge on any atom is -0.261 e. The zero-order chi connectivity index (χ0) is 7.90. The maximum Gasteiger partial charge on any atom is 0.0473 e. The minimum atomic E-state index is 0.393. The molecular formula is C9H10BrN. The van der Waals surface area contributed by atoms with Gasteiger partial charge in [0.25, 0.3) is 0 Å². The SMILES string of the molecule is CC1(c2cc(Br)ccn2)CC1. The van der Waals surface area contributed by atoms with Crippen molar-refractivity contribution < 1.29 is 0 Å². The third kappa shape index (κ3) is 1.32. The van der Waals surface area contributed by atoms with Crippen molar-refractivity contribution in [2.24, 2.45) is 0 Å². The number of hydrogen-bond donors (Lipinski definition) is 0. The van der Waals surface area contributed by atoms with E-state index < -0.39 is 0 Å². The van der Waals surface area contributed by atoms with Crippen LogP contribution in [0.2, 0.25) is 0 Å². The summed E-state index contributed by atoms with van der Waals surface area (Å²) in [6, 6.07) is 4.09. The predicted molar refractivity (Wildman–Crippen MR) is 48.5 cm³/mol. The fourth-order valence-corrected chi connectivity index (χ4v) is 1.51. The Morgan fingerprint density at radius 2 is 2.27 bits per heavy atom. The van der Waals surface area contributed by atoms with Gasteiger partial charge in [-0.1, -0.05) is 22.9 Å². The van der Waals surface area contributed by atoms with Crippen LogP contribution in [0, 0.1) is 0 Å². The zero-order valence-corrected chi connectivity index (χ0v) is 8.06. The van der Waals surface area contributed by atoms with Crippen LogP contribution in [0.1, 0.15) is 25.5 Å². The minimum absolute atomic E-state index is 0.393. The first kappa shape index (κ1) is 7.29. The lowest BCUT2D eigenvalue weighted by atomic mass is 10.1. The molecule has 11 heavy (non-hydrogen) atoms. The Morgan fingerprint density at radius 3 is 2.82 bits per heavy atom. The smallest absolute Gasteiger partial charge is 0.0473 e. The Bertz CT molecular complexity index is 279. The van der Waals surface area contributed by atoms with Gasteiger partial charge in [0.1, 0.15) is 0 Å². The van der Waals surface area contributed by atoms with Gasteiger partial charge >= 0.3 is 0 Å². The molecule has 1 saturated carbocycles. The van der Waals surface area contributed by atoms with Gasteiger partial charge in [0.2, 0.25) is 0 Å². The molecule has 58 valence electrons. The molecule has 2 heteroatoms. The van der Waals surface area contributed by atoms with Gasteiger partial charge in [-0.2, -0.15) is 0 Å². The van der Waals surface area contributed by atoms with Crippen molar-refractivity contribution in [1.82, 2.24) is 4.98 Å². The third-order valence-electron chi connectivity index (χ3n) is 2.34. The van der Waals surface area contributed by atoms with Crippen LogP contribution in [0.3, 0.4) is 0 Å². The standard InChI is InChI=1S/C9H10BrN/c1-9(3-4-9)8-6-7(10)2-5-11-8/h2,5-6H,3-4H2,1H3. The molecule has 0 saturated heterocycles. The monoisotopic (exact) mass is 211 g/mol. The van der Waals surface area contributed by atoms with E-state index in [4.69, 9.17) is 0 Å². The first-order chi connectivity index (χ1) is 5.21. The van der Waals surface area contributed by atoms with Crippen molar-refractivity contribution >= 4 is 15.9 Å². The van der Waals surface area contributed by atoms with E-state index in [2.05, 4.69) is 33.9 Å². The second-order valence-electron chi connectivity index (χ2n) is 3.42. The predicted octanol–water partition coefficient (Wildman–Crippen LogP) is 2.90. The maximum atomic E-state index is 4.34. The highest BCUT2D eigenvalue weighted by Gasteiger charge is 2.40. The molecular weight excluding hydrogens is 202 g/mol. The Morgan fingerprint density at radius 1 is 1.55 bits per heavy atom. The highest BCUT2D eigenvalue weighted by molar-refractivity contribution is 9.10. The molecule has 1 aromatic heterocycles. The molecule has 1 aromatic rings. The highest BCUT2D eigenvalue weighted by atomic mass is 79.9. The van der Waals surface area contributed by atoms with Crippen LogP contribution in [0.25, 0.3) is 0 Å². The number of hydrogen-bond acceptors (Lipinski definition) is 1. The van der Waals surface area contributed by atoms with Crippen LogP contribution in [-0.2, 0) is 5.41 Å². The number of aromatic nitrogens is 1.